The third kappa shape index (κ3) is 6.20. The van der Waals surface area contributed by atoms with Crippen molar-refractivity contribution in [2.75, 3.05) is 13.7 Å². The van der Waals surface area contributed by atoms with Crippen LogP contribution in [0.1, 0.15) is 35.2 Å². The van der Waals surface area contributed by atoms with Crippen LogP contribution in [0.2, 0.25) is 0 Å². The average Bonchev–Trinajstić information content (AvgIpc) is 2.65. The maximum Gasteiger partial charge on any atom is 0.387 e. The number of nitrogens with one attached hydrogen (secondary N) is 1. The minimum atomic E-state index is -2.83. The zero-order valence-electron chi connectivity index (χ0n) is 16.4. The van der Waals surface area contributed by atoms with E-state index < -0.39 is 12.6 Å². The smallest absolute Gasteiger partial charge is 0.387 e. The summed E-state index contributed by atoms with van der Waals surface area (Å²) in [6.45, 7) is 3.51. The Hall–Kier alpha value is -2.67. The zero-order chi connectivity index (χ0) is 20.7. The van der Waals surface area contributed by atoms with Gasteiger partial charge < -0.3 is 19.5 Å². The quantitative estimate of drug-likeness (QED) is 0.644. The molecule has 0 spiro atoms. The molecule has 0 radical (unpaired) electrons. The molecule has 0 amide bonds. The normalized spacial score (nSPS) is 12.0. The lowest BCUT2D eigenvalue weighted by Gasteiger charge is -2.17. The highest BCUT2D eigenvalue weighted by Crippen LogP contribution is 2.25. The highest BCUT2D eigenvalue weighted by molar-refractivity contribution is 5.71. The van der Waals surface area contributed by atoms with Crippen LogP contribution in [0.25, 0.3) is 0 Å². The standard InChI is InChI=1S/C21H25F2NO4/c1-13-9-16(10-14(2)20(13)27-12-19(25)26-4)11-24-15(3)17-5-7-18(8-6-17)28-21(22)23/h5-10,15,21,24H,11-12H2,1-4H3. The molecule has 2 rings (SSSR count). The van der Waals surface area contributed by atoms with E-state index in [2.05, 4.69) is 14.8 Å². The van der Waals surface area contributed by atoms with E-state index in [4.69, 9.17) is 4.74 Å². The predicted octanol–water partition coefficient (Wildman–Crippen LogP) is 4.31. The third-order valence-corrected chi connectivity index (χ3v) is 4.30. The number of carbonyl (C=O) groups excluding carboxylic acids is 1. The van der Waals surface area contributed by atoms with Gasteiger partial charge in [0.15, 0.2) is 6.61 Å². The molecule has 28 heavy (non-hydrogen) atoms. The van der Waals surface area contributed by atoms with Crippen molar-refractivity contribution < 1.29 is 27.8 Å². The van der Waals surface area contributed by atoms with Crippen LogP contribution in [0.15, 0.2) is 36.4 Å². The van der Waals surface area contributed by atoms with Crippen LogP contribution in [0.5, 0.6) is 11.5 Å². The molecule has 7 heteroatoms. The van der Waals surface area contributed by atoms with E-state index in [-0.39, 0.29) is 18.4 Å². The lowest BCUT2D eigenvalue weighted by molar-refractivity contribution is -0.142. The number of hydrogen-bond donors (Lipinski definition) is 1. The Kier molecular flexibility index (Phi) is 7.75. The molecule has 0 bridgehead atoms. The Labute approximate surface area is 163 Å². The van der Waals surface area contributed by atoms with E-state index >= 15 is 0 Å². The number of rotatable bonds is 9. The SMILES string of the molecule is COC(=O)COc1c(C)cc(CNC(C)c2ccc(OC(F)F)cc2)cc1C. The van der Waals surface area contributed by atoms with Crippen molar-refractivity contribution in [2.24, 2.45) is 0 Å². The summed E-state index contributed by atoms with van der Waals surface area (Å²) in [7, 11) is 1.32. The first kappa shape index (κ1) is 21.6. The topological polar surface area (TPSA) is 56.8 Å². The molecule has 5 nitrogen and oxygen atoms in total. The van der Waals surface area contributed by atoms with Gasteiger partial charge in [-0.15, -0.1) is 0 Å². The van der Waals surface area contributed by atoms with Crippen molar-refractivity contribution in [1.29, 1.82) is 0 Å². The summed E-state index contributed by atoms with van der Waals surface area (Å²) in [4.78, 5) is 11.3. The fourth-order valence-electron chi connectivity index (χ4n) is 2.89. The van der Waals surface area contributed by atoms with E-state index in [0.29, 0.717) is 12.3 Å². The summed E-state index contributed by atoms with van der Waals surface area (Å²) >= 11 is 0. The van der Waals surface area contributed by atoms with Crippen LogP contribution in [0, 0.1) is 13.8 Å². The second-order valence-electron chi connectivity index (χ2n) is 6.47. The Morgan fingerprint density at radius 2 is 1.71 bits per heavy atom. The molecule has 1 atom stereocenters. The van der Waals surface area contributed by atoms with E-state index in [1.165, 1.54) is 19.2 Å². The number of alkyl halides is 2. The highest BCUT2D eigenvalue weighted by Gasteiger charge is 2.11. The van der Waals surface area contributed by atoms with Crippen LogP contribution in [-0.2, 0) is 16.1 Å². The molecular weight excluding hydrogens is 368 g/mol. The molecule has 1 unspecified atom stereocenters. The molecular formula is C21H25F2NO4. The largest absolute Gasteiger partial charge is 0.481 e. The van der Waals surface area contributed by atoms with Crippen molar-refractivity contribution >= 4 is 5.97 Å². The Bertz CT molecular complexity index is 770. The van der Waals surface area contributed by atoms with Crippen molar-refractivity contribution in [3.8, 4) is 11.5 Å². The van der Waals surface area contributed by atoms with Crippen LogP contribution in [0.4, 0.5) is 8.78 Å². The number of halogens is 2. The summed E-state index contributed by atoms with van der Waals surface area (Å²) in [5.74, 6) is 0.389. The molecule has 2 aromatic rings. The molecule has 0 saturated carbocycles. The number of esters is 1. The molecule has 1 N–H and O–H groups in total. The van der Waals surface area contributed by atoms with E-state index in [0.717, 1.165) is 22.3 Å². The second kappa shape index (κ2) is 10.0. The van der Waals surface area contributed by atoms with Gasteiger partial charge in [0.25, 0.3) is 0 Å². The van der Waals surface area contributed by atoms with E-state index in [9.17, 15) is 13.6 Å². The summed E-state index contributed by atoms with van der Waals surface area (Å²) < 4.78 is 38.9. The highest BCUT2D eigenvalue weighted by atomic mass is 19.3. The van der Waals surface area contributed by atoms with Gasteiger partial charge in [0.1, 0.15) is 11.5 Å². The minimum absolute atomic E-state index is 0.0245. The molecule has 0 aliphatic rings. The van der Waals surface area contributed by atoms with Crippen molar-refractivity contribution in [3.05, 3.63) is 58.7 Å². The summed E-state index contributed by atoms with van der Waals surface area (Å²) in [5.41, 5.74) is 3.90. The van der Waals surface area contributed by atoms with E-state index in [1.807, 2.05) is 32.9 Å². The van der Waals surface area contributed by atoms with Crippen molar-refractivity contribution in [2.45, 2.75) is 40.0 Å². The van der Waals surface area contributed by atoms with Gasteiger partial charge in [-0.2, -0.15) is 8.78 Å². The third-order valence-electron chi connectivity index (χ3n) is 4.30. The Morgan fingerprint density at radius 3 is 2.25 bits per heavy atom. The average molecular weight is 393 g/mol. The van der Waals surface area contributed by atoms with Crippen LogP contribution in [0.3, 0.4) is 0 Å². The van der Waals surface area contributed by atoms with Gasteiger partial charge in [-0.25, -0.2) is 4.79 Å². The van der Waals surface area contributed by atoms with Gasteiger partial charge in [0.05, 0.1) is 7.11 Å². The van der Waals surface area contributed by atoms with Gasteiger partial charge in [0.2, 0.25) is 0 Å². The number of hydrogen-bond acceptors (Lipinski definition) is 5. The number of ether oxygens (including phenoxy) is 3. The molecule has 152 valence electrons. The molecule has 0 saturated heterocycles. The molecule has 0 aliphatic heterocycles. The van der Waals surface area contributed by atoms with Crippen molar-refractivity contribution in [3.63, 3.8) is 0 Å². The Morgan fingerprint density at radius 1 is 1.11 bits per heavy atom. The monoisotopic (exact) mass is 393 g/mol. The first-order chi connectivity index (χ1) is 13.3. The fraction of sp³-hybridized carbons (Fsp3) is 0.381. The second-order valence-corrected chi connectivity index (χ2v) is 6.47. The van der Waals surface area contributed by atoms with Gasteiger partial charge >= 0.3 is 12.6 Å². The van der Waals surface area contributed by atoms with Crippen LogP contribution < -0.4 is 14.8 Å². The maximum absolute atomic E-state index is 12.2. The maximum atomic E-state index is 12.2. The van der Waals surface area contributed by atoms with Crippen molar-refractivity contribution in [1.82, 2.24) is 5.32 Å². The summed E-state index contributed by atoms with van der Waals surface area (Å²) in [6.07, 6.45) is 0. The molecule has 2 aromatic carbocycles. The predicted molar refractivity (Wildman–Crippen MR) is 102 cm³/mol. The molecule has 0 heterocycles. The number of methoxy groups -OCH3 is 1. The van der Waals surface area contributed by atoms with Gasteiger partial charge in [-0.05, 0) is 55.2 Å². The number of carbonyl (C=O) groups is 1. The summed E-state index contributed by atoms with van der Waals surface area (Å²) in [5, 5.41) is 3.40. The summed E-state index contributed by atoms with van der Waals surface area (Å²) in [6, 6.07) is 10.6. The van der Waals surface area contributed by atoms with Gasteiger partial charge in [0, 0.05) is 12.6 Å². The first-order valence-electron chi connectivity index (χ1n) is 8.88. The van der Waals surface area contributed by atoms with Gasteiger partial charge in [-0.3, -0.25) is 0 Å². The fourth-order valence-corrected chi connectivity index (χ4v) is 2.89. The molecule has 0 aliphatic carbocycles. The number of aryl methyl sites for hydroxylation is 2. The zero-order valence-corrected chi connectivity index (χ0v) is 16.4. The lowest BCUT2D eigenvalue weighted by Crippen LogP contribution is -2.18. The first-order valence-corrected chi connectivity index (χ1v) is 8.88. The van der Waals surface area contributed by atoms with E-state index in [1.54, 1.807) is 12.1 Å². The van der Waals surface area contributed by atoms with Gasteiger partial charge in [-0.1, -0.05) is 24.3 Å². The number of benzene rings is 2. The van der Waals surface area contributed by atoms with Crippen LogP contribution in [-0.4, -0.2) is 26.3 Å². The molecule has 0 aromatic heterocycles. The lowest BCUT2D eigenvalue weighted by atomic mass is 10.0. The van der Waals surface area contributed by atoms with Crippen LogP contribution >= 0.6 is 0 Å². The molecule has 0 fully saturated rings. The Balaban J connectivity index is 1.97. The minimum Gasteiger partial charge on any atom is -0.481 e.